The standard InChI is InChI=1S/C29H54O12S/c1-3-5-7-9-11-13-15-17-24(30)38-19-22(40-25(31)18-16-14-12-10-8-6-4-2)20-39-29-28(34)27(33)26(32)23(41-29)21-42(35,36)37/h22-23,26-29,32-34H,3-21H2,1-2H3,(H,35,36,37)/t22-,23-,26-,27+,28-,29-/m1/s1. The number of unbranched alkanes of at least 4 members (excludes halogenated alkanes) is 12. The molecule has 0 radical (unpaired) electrons. The first-order valence-corrected chi connectivity index (χ1v) is 17.2. The maximum atomic E-state index is 12.5. The Labute approximate surface area is 251 Å². The van der Waals surface area contributed by atoms with E-state index >= 15 is 0 Å². The Kier molecular flexibility index (Phi) is 20.4. The van der Waals surface area contributed by atoms with Gasteiger partial charge in [0, 0.05) is 12.8 Å². The molecule has 12 nitrogen and oxygen atoms in total. The molecule has 0 saturated carbocycles. The predicted octanol–water partition coefficient (Wildman–Crippen LogP) is 3.43. The molecule has 0 aromatic heterocycles. The SMILES string of the molecule is CCCCCCCCCC(=O)OC[C@H](CO[C@@H]1O[C@H](CS(=O)(=O)O)[C@@H](O)[C@H](O)[C@H]1O)OC(=O)CCCCCCCCC. The highest BCUT2D eigenvalue weighted by molar-refractivity contribution is 7.85. The van der Waals surface area contributed by atoms with Crippen LogP contribution in [-0.2, 0) is 38.7 Å². The molecule has 248 valence electrons. The van der Waals surface area contributed by atoms with E-state index in [1.807, 2.05) is 0 Å². The number of hydrogen-bond acceptors (Lipinski definition) is 11. The first kappa shape index (κ1) is 38.7. The maximum Gasteiger partial charge on any atom is 0.306 e. The average Bonchev–Trinajstić information content (AvgIpc) is 2.93. The molecule has 0 spiro atoms. The van der Waals surface area contributed by atoms with Crippen LogP contribution in [0.2, 0.25) is 0 Å². The molecule has 1 fully saturated rings. The monoisotopic (exact) mass is 626 g/mol. The number of aliphatic hydroxyl groups excluding tert-OH is 3. The lowest BCUT2D eigenvalue weighted by Gasteiger charge is -2.40. The Hall–Kier alpha value is -1.35. The summed E-state index contributed by atoms with van der Waals surface area (Å²) in [5.41, 5.74) is 0. The van der Waals surface area contributed by atoms with E-state index in [1.165, 1.54) is 25.7 Å². The van der Waals surface area contributed by atoms with Gasteiger partial charge in [0.15, 0.2) is 12.4 Å². The summed E-state index contributed by atoms with van der Waals surface area (Å²) in [6.45, 7) is 3.59. The summed E-state index contributed by atoms with van der Waals surface area (Å²) in [6.07, 6.45) is 5.22. The third-order valence-electron chi connectivity index (χ3n) is 7.19. The highest BCUT2D eigenvalue weighted by Crippen LogP contribution is 2.23. The minimum absolute atomic E-state index is 0.167. The van der Waals surface area contributed by atoms with E-state index in [9.17, 15) is 33.3 Å². The summed E-state index contributed by atoms with van der Waals surface area (Å²) in [5.74, 6) is -1.99. The molecular weight excluding hydrogens is 572 g/mol. The number of esters is 2. The summed E-state index contributed by atoms with van der Waals surface area (Å²) in [5, 5.41) is 30.5. The molecule has 1 rings (SSSR count). The molecule has 4 N–H and O–H groups in total. The smallest absolute Gasteiger partial charge is 0.306 e. The van der Waals surface area contributed by atoms with Crippen molar-refractivity contribution in [2.24, 2.45) is 0 Å². The van der Waals surface area contributed by atoms with Gasteiger partial charge in [0.05, 0.1) is 6.61 Å². The van der Waals surface area contributed by atoms with E-state index in [1.54, 1.807) is 0 Å². The Bertz CT molecular complexity index is 836. The topological polar surface area (TPSA) is 186 Å². The van der Waals surface area contributed by atoms with Crippen LogP contribution in [0.5, 0.6) is 0 Å². The van der Waals surface area contributed by atoms with Crippen molar-refractivity contribution in [3.63, 3.8) is 0 Å². The van der Waals surface area contributed by atoms with E-state index in [-0.39, 0.29) is 19.4 Å². The van der Waals surface area contributed by atoms with Crippen molar-refractivity contribution in [2.75, 3.05) is 19.0 Å². The normalized spacial score (nSPS) is 23.4. The Morgan fingerprint density at radius 1 is 0.714 bits per heavy atom. The van der Waals surface area contributed by atoms with Crippen molar-refractivity contribution in [1.82, 2.24) is 0 Å². The Morgan fingerprint density at radius 3 is 1.74 bits per heavy atom. The van der Waals surface area contributed by atoms with Crippen LogP contribution in [0.1, 0.15) is 117 Å². The molecule has 0 aliphatic carbocycles. The number of carbonyl (C=O) groups excluding carboxylic acids is 2. The van der Waals surface area contributed by atoms with Gasteiger partial charge in [-0.3, -0.25) is 14.1 Å². The molecule has 1 aliphatic rings. The molecule has 0 bridgehead atoms. The Balaban J connectivity index is 2.64. The van der Waals surface area contributed by atoms with Crippen LogP contribution >= 0.6 is 0 Å². The predicted molar refractivity (Wildman–Crippen MR) is 155 cm³/mol. The van der Waals surface area contributed by atoms with Crippen LogP contribution in [0, 0.1) is 0 Å². The molecule has 13 heteroatoms. The quantitative estimate of drug-likeness (QED) is 0.0696. The number of rotatable bonds is 24. The highest BCUT2D eigenvalue weighted by atomic mass is 32.2. The van der Waals surface area contributed by atoms with Crippen molar-refractivity contribution < 1.29 is 56.8 Å². The van der Waals surface area contributed by atoms with E-state index in [0.717, 1.165) is 51.4 Å². The highest BCUT2D eigenvalue weighted by Gasteiger charge is 2.46. The molecule has 1 heterocycles. The van der Waals surface area contributed by atoms with Gasteiger partial charge < -0.3 is 34.3 Å². The molecule has 1 saturated heterocycles. The molecular formula is C29H54O12S. The number of ether oxygens (including phenoxy) is 4. The van der Waals surface area contributed by atoms with Crippen LogP contribution in [0.25, 0.3) is 0 Å². The zero-order valence-corrected chi connectivity index (χ0v) is 26.2. The number of aliphatic hydroxyl groups is 3. The van der Waals surface area contributed by atoms with Crippen LogP contribution in [0.4, 0.5) is 0 Å². The summed E-state index contributed by atoms with van der Waals surface area (Å²) in [6, 6.07) is 0. The molecule has 0 aromatic rings. The first-order valence-electron chi connectivity index (χ1n) is 15.6. The second kappa shape index (κ2) is 22.2. The number of carbonyl (C=O) groups is 2. The van der Waals surface area contributed by atoms with Crippen molar-refractivity contribution in [2.45, 2.75) is 153 Å². The van der Waals surface area contributed by atoms with Crippen LogP contribution < -0.4 is 0 Å². The lowest BCUT2D eigenvalue weighted by Crippen LogP contribution is -2.60. The lowest BCUT2D eigenvalue weighted by atomic mass is 10.00. The third-order valence-corrected chi connectivity index (χ3v) is 7.94. The first-order chi connectivity index (χ1) is 20.0. The van der Waals surface area contributed by atoms with E-state index in [0.29, 0.717) is 12.8 Å². The van der Waals surface area contributed by atoms with Gasteiger partial charge in [-0.1, -0.05) is 90.9 Å². The molecule has 0 amide bonds. The van der Waals surface area contributed by atoms with Crippen molar-refractivity contribution >= 4 is 22.1 Å². The fraction of sp³-hybridized carbons (Fsp3) is 0.931. The zero-order chi connectivity index (χ0) is 31.4. The summed E-state index contributed by atoms with van der Waals surface area (Å²) >= 11 is 0. The van der Waals surface area contributed by atoms with E-state index in [2.05, 4.69) is 13.8 Å². The molecule has 0 unspecified atom stereocenters. The third kappa shape index (κ3) is 17.7. The fourth-order valence-electron chi connectivity index (χ4n) is 4.67. The largest absolute Gasteiger partial charge is 0.462 e. The second-order valence-electron chi connectivity index (χ2n) is 11.1. The van der Waals surface area contributed by atoms with Gasteiger partial charge in [-0.25, -0.2) is 0 Å². The minimum Gasteiger partial charge on any atom is -0.462 e. The van der Waals surface area contributed by atoms with Crippen LogP contribution in [0.3, 0.4) is 0 Å². The van der Waals surface area contributed by atoms with Crippen molar-refractivity contribution in [3.05, 3.63) is 0 Å². The van der Waals surface area contributed by atoms with Crippen molar-refractivity contribution in [1.29, 1.82) is 0 Å². The summed E-state index contributed by atoms with van der Waals surface area (Å²) in [4.78, 5) is 24.8. The van der Waals surface area contributed by atoms with Gasteiger partial charge in [0.25, 0.3) is 10.1 Å². The molecule has 1 aliphatic heterocycles. The van der Waals surface area contributed by atoms with Gasteiger partial charge in [0.1, 0.15) is 36.8 Å². The van der Waals surface area contributed by atoms with Gasteiger partial charge in [0.2, 0.25) is 0 Å². The maximum absolute atomic E-state index is 12.5. The summed E-state index contributed by atoms with van der Waals surface area (Å²) < 4.78 is 53.3. The molecule has 0 aromatic carbocycles. The lowest BCUT2D eigenvalue weighted by molar-refractivity contribution is -0.297. The molecule has 42 heavy (non-hydrogen) atoms. The van der Waals surface area contributed by atoms with Crippen LogP contribution in [0.15, 0.2) is 0 Å². The van der Waals surface area contributed by atoms with E-state index < -0.39 is 71.2 Å². The number of hydrogen-bond donors (Lipinski definition) is 4. The Morgan fingerprint density at radius 2 is 1.21 bits per heavy atom. The summed E-state index contributed by atoms with van der Waals surface area (Å²) in [7, 11) is -4.58. The van der Waals surface area contributed by atoms with Gasteiger partial charge >= 0.3 is 11.9 Å². The van der Waals surface area contributed by atoms with Gasteiger partial charge in [-0.2, -0.15) is 8.42 Å². The van der Waals surface area contributed by atoms with Gasteiger partial charge in [-0.15, -0.1) is 0 Å². The molecule has 6 atom stereocenters. The zero-order valence-electron chi connectivity index (χ0n) is 25.4. The van der Waals surface area contributed by atoms with Crippen LogP contribution in [-0.4, -0.2) is 96.0 Å². The second-order valence-corrected chi connectivity index (χ2v) is 12.6. The van der Waals surface area contributed by atoms with Crippen molar-refractivity contribution in [3.8, 4) is 0 Å². The average molecular weight is 627 g/mol. The van der Waals surface area contributed by atoms with Gasteiger partial charge in [-0.05, 0) is 12.8 Å². The fourth-order valence-corrected chi connectivity index (χ4v) is 5.36. The minimum atomic E-state index is -4.58. The van der Waals surface area contributed by atoms with E-state index in [4.69, 9.17) is 23.5 Å².